The minimum Gasteiger partial charge on any atom is -0.494 e. The van der Waals surface area contributed by atoms with Crippen molar-refractivity contribution in [2.75, 3.05) is 18.5 Å². The number of carbonyl (C=O) groups excluding carboxylic acids is 2. The van der Waals surface area contributed by atoms with Crippen molar-refractivity contribution in [2.24, 2.45) is 0 Å². The van der Waals surface area contributed by atoms with Crippen LogP contribution in [-0.2, 0) is 4.79 Å². The molecule has 0 spiro atoms. The molecule has 1 N–H and O–H groups in total. The topological polar surface area (TPSA) is 58.6 Å². The summed E-state index contributed by atoms with van der Waals surface area (Å²) >= 11 is 3.49. The maximum Gasteiger partial charge on any atom is 0.255 e. The Labute approximate surface area is 200 Å². The summed E-state index contributed by atoms with van der Waals surface area (Å²) in [5, 5.41) is 2.89. The van der Waals surface area contributed by atoms with E-state index in [-0.39, 0.29) is 24.2 Å². The van der Waals surface area contributed by atoms with Crippen LogP contribution >= 0.6 is 15.9 Å². The summed E-state index contributed by atoms with van der Waals surface area (Å²) in [5.41, 5.74) is 2.51. The van der Waals surface area contributed by atoms with Crippen molar-refractivity contribution in [3.05, 3.63) is 93.7 Å². The van der Waals surface area contributed by atoms with Crippen molar-refractivity contribution in [3.8, 4) is 5.75 Å². The predicted molar refractivity (Wildman–Crippen MR) is 129 cm³/mol. The summed E-state index contributed by atoms with van der Waals surface area (Å²) < 4.78 is 20.2. The van der Waals surface area contributed by atoms with E-state index in [2.05, 4.69) is 28.2 Å². The van der Waals surface area contributed by atoms with Gasteiger partial charge in [-0.15, -0.1) is 0 Å². The summed E-state index contributed by atoms with van der Waals surface area (Å²) in [6.07, 6.45) is 1.99. The van der Waals surface area contributed by atoms with Gasteiger partial charge < -0.3 is 15.0 Å². The smallest absolute Gasteiger partial charge is 0.255 e. The van der Waals surface area contributed by atoms with Crippen molar-refractivity contribution >= 4 is 33.4 Å². The van der Waals surface area contributed by atoms with Gasteiger partial charge in [-0.25, -0.2) is 4.39 Å². The maximum absolute atomic E-state index is 13.7. The van der Waals surface area contributed by atoms with Gasteiger partial charge in [0.05, 0.1) is 12.6 Å². The van der Waals surface area contributed by atoms with E-state index in [0.29, 0.717) is 29.2 Å². The van der Waals surface area contributed by atoms with Crippen LogP contribution in [-0.4, -0.2) is 29.9 Å². The second-order valence-corrected chi connectivity index (χ2v) is 8.81. The molecule has 3 aromatic rings. The van der Waals surface area contributed by atoms with Crippen molar-refractivity contribution < 1.29 is 18.7 Å². The summed E-state index contributed by atoms with van der Waals surface area (Å²) in [6.45, 7) is 2.58. The molecule has 0 fully saturated rings. The molecule has 1 unspecified atom stereocenters. The molecule has 1 heterocycles. The quantitative estimate of drug-likeness (QED) is 0.416. The summed E-state index contributed by atoms with van der Waals surface area (Å²) in [4.78, 5) is 27.9. The molecule has 3 aromatic carbocycles. The number of halogens is 2. The molecule has 170 valence electrons. The first-order chi connectivity index (χ1) is 16.0. The van der Waals surface area contributed by atoms with Crippen LogP contribution in [0, 0.1) is 5.82 Å². The fraction of sp³-hybridized carbons (Fsp3) is 0.231. The molecule has 33 heavy (non-hydrogen) atoms. The third kappa shape index (κ3) is 5.25. The number of rotatable bonds is 6. The van der Waals surface area contributed by atoms with Crippen molar-refractivity contribution in [1.82, 2.24) is 4.90 Å². The molecule has 7 heteroatoms. The molecular formula is C26H24BrFN2O3. The fourth-order valence-electron chi connectivity index (χ4n) is 3.86. The number of hydrogen-bond acceptors (Lipinski definition) is 3. The number of benzene rings is 3. The maximum atomic E-state index is 13.7. The standard InChI is InChI=1S/C26H24BrFN2O3/c1-2-3-14-33-21-11-6-18(7-12-21)26(32)30-16-24(31)29-23-13-8-19(27)15-22(23)25(30)17-4-9-20(28)10-5-17/h4-13,15,25H,2-3,14,16H2,1H3,(H,29,31). The third-order valence-corrected chi connectivity index (χ3v) is 6.02. The number of amides is 2. The minimum atomic E-state index is -0.579. The highest BCUT2D eigenvalue weighted by Gasteiger charge is 2.34. The highest BCUT2D eigenvalue weighted by atomic mass is 79.9. The summed E-state index contributed by atoms with van der Waals surface area (Å²) in [5.74, 6) is -0.269. The fourth-order valence-corrected chi connectivity index (χ4v) is 4.24. The molecule has 1 aliphatic rings. The highest BCUT2D eigenvalue weighted by molar-refractivity contribution is 9.10. The highest BCUT2D eigenvalue weighted by Crippen LogP contribution is 2.38. The van der Waals surface area contributed by atoms with Crippen LogP contribution in [0.3, 0.4) is 0 Å². The minimum absolute atomic E-state index is 0.137. The number of nitrogens with one attached hydrogen (secondary N) is 1. The van der Waals surface area contributed by atoms with Crippen LogP contribution in [0.1, 0.15) is 47.3 Å². The first-order valence-corrected chi connectivity index (χ1v) is 11.6. The first-order valence-electron chi connectivity index (χ1n) is 10.8. The number of fused-ring (bicyclic) bond motifs is 1. The average Bonchev–Trinajstić information content (AvgIpc) is 2.95. The second kappa shape index (κ2) is 10.2. The zero-order chi connectivity index (χ0) is 23.4. The molecule has 4 rings (SSSR count). The number of unbranched alkanes of at least 4 members (excludes halogenated alkanes) is 1. The molecule has 2 amide bonds. The Hall–Kier alpha value is -3.19. The van der Waals surface area contributed by atoms with Gasteiger partial charge in [0.15, 0.2) is 0 Å². The summed E-state index contributed by atoms with van der Waals surface area (Å²) in [6, 6.07) is 17.9. The lowest BCUT2D eigenvalue weighted by atomic mass is 9.95. The zero-order valence-electron chi connectivity index (χ0n) is 18.2. The number of hydrogen-bond donors (Lipinski definition) is 1. The van der Waals surface area contributed by atoms with E-state index < -0.39 is 6.04 Å². The van der Waals surface area contributed by atoms with Gasteiger partial charge in [0, 0.05) is 21.3 Å². The Kier molecular flexibility index (Phi) is 7.08. The van der Waals surface area contributed by atoms with E-state index in [1.165, 1.54) is 17.0 Å². The van der Waals surface area contributed by atoms with Crippen molar-refractivity contribution in [3.63, 3.8) is 0 Å². The van der Waals surface area contributed by atoms with E-state index in [9.17, 15) is 14.0 Å². The molecule has 0 radical (unpaired) electrons. The normalized spacial score (nSPS) is 15.4. The molecule has 0 saturated carbocycles. The van der Waals surface area contributed by atoms with Crippen LogP contribution < -0.4 is 10.1 Å². The predicted octanol–water partition coefficient (Wildman–Crippen LogP) is 5.95. The Morgan fingerprint density at radius 2 is 1.85 bits per heavy atom. The summed E-state index contributed by atoms with van der Waals surface area (Å²) in [7, 11) is 0. The largest absolute Gasteiger partial charge is 0.494 e. The van der Waals surface area contributed by atoms with Gasteiger partial charge in [0.1, 0.15) is 18.1 Å². The van der Waals surface area contributed by atoms with Crippen molar-refractivity contribution in [1.29, 1.82) is 0 Å². The number of nitrogens with zero attached hydrogens (tertiary/aromatic N) is 1. The monoisotopic (exact) mass is 510 g/mol. The van der Waals surface area contributed by atoms with Crippen LogP contribution in [0.5, 0.6) is 5.75 Å². The molecule has 0 saturated heterocycles. The van der Waals surface area contributed by atoms with E-state index in [0.717, 1.165) is 22.9 Å². The van der Waals surface area contributed by atoms with Crippen molar-refractivity contribution in [2.45, 2.75) is 25.8 Å². The van der Waals surface area contributed by atoms with E-state index in [1.807, 2.05) is 12.1 Å². The van der Waals surface area contributed by atoms with Gasteiger partial charge >= 0.3 is 0 Å². The Bertz CT molecular complexity index is 1150. The number of ether oxygens (including phenoxy) is 1. The molecule has 0 bridgehead atoms. The zero-order valence-corrected chi connectivity index (χ0v) is 19.8. The lowest BCUT2D eigenvalue weighted by Crippen LogP contribution is -2.39. The number of carbonyl (C=O) groups is 2. The third-order valence-electron chi connectivity index (χ3n) is 5.52. The van der Waals surface area contributed by atoms with Gasteiger partial charge in [-0.05, 0) is 66.6 Å². The molecule has 1 aliphatic heterocycles. The Morgan fingerprint density at radius 1 is 1.12 bits per heavy atom. The van der Waals surface area contributed by atoms with E-state index in [1.54, 1.807) is 42.5 Å². The molecular weight excluding hydrogens is 487 g/mol. The van der Waals surface area contributed by atoms with Crippen LogP contribution in [0.15, 0.2) is 71.2 Å². The van der Waals surface area contributed by atoms with Crippen LogP contribution in [0.2, 0.25) is 0 Å². The Balaban J connectivity index is 1.73. The van der Waals surface area contributed by atoms with Gasteiger partial charge in [-0.2, -0.15) is 0 Å². The lowest BCUT2D eigenvalue weighted by Gasteiger charge is -2.31. The van der Waals surface area contributed by atoms with E-state index >= 15 is 0 Å². The molecule has 5 nitrogen and oxygen atoms in total. The van der Waals surface area contributed by atoms with Crippen LogP contribution in [0.25, 0.3) is 0 Å². The Morgan fingerprint density at radius 3 is 2.55 bits per heavy atom. The van der Waals surface area contributed by atoms with Crippen LogP contribution in [0.4, 0.5) is 10.1 Å². The first kappa shape index (κ1) is 23.0. The lowest BCUT2D eigenvalue weighted by molar-refractivity contribution is -0.117. The van der Waals surface area contributed by atoms with Gasteiger partial charge in [0.25, 0.3) is 5.91 Å². The molecule has 0 aliphatic carbocycles. The van der Waals surface area contributed by atoms with E-state index in [4.69, 9.17) is 4.74 Å². The van der Waals surface area contributed by atoms with Gasteiger partial charge in [-0.3, -0.25) is 9.59 Å². The van der Waals surface area contributed by atoms with Gasteiger partial charge in [0.2, 0.25) is 5.91 Å². The number of anilines is 1. The molecule has 1 atom stereocenters. The SMILES string of the molecule is CCCCOc1ccc(C(=O)N2CC(=O)Nc3ccc(Br)cc3C2c2ccc(F)cc2)cc1. The van der Waals surface area contributed by atoms with Gasteiger partial charge in [-0.1, -0.05) is 41.4 Å². The second-order valence-electron chi connectivity index (χ2n) is 7.89. The average molecular weight is 511 g/mol. The molecule has 0 aromatic heterocycles.